The van der Waals surface area contributed by atoms with E-state index in [0.717, 1.165) is 23.9 Å². The van der Waals surface area contributed by atoms with Gasteiger partial charge in [0.05, 0.1) is 0 Å². The lowest BCUT2D eigenvalue weighted by atomic mass is 10.1. The summed E-state index contributed by atoms with van der Waals surface area (Å²) in [4.78, 5) is 2.37. The molecule has 24 heavy (non-hydrogen) atoms. The maximum Gasteiger partial charge on any atom is 0.173 e. The van der Waals surface area contributed by atoms with E-state index < -0.39 is 0 Å². The van der Waals surface area contributed by atoms with Crippen LogP contribution in [0, 0.1) is 13.8 Å². The van der Waals surface area contributed by atoms with Gasteiger partial charge in [0, 0.05) is 18.8 Å². The molecule has 0 fully saturated rings. The molecule has 0 aliphatic rings. The molecule has 0 atom stereocenters. The van der Waals surface area contributed by atoms with Crippen molar-refractivity contribution < 1.29 is 0 Å². The van der Waals surface area contributed by atoms with Gasteiger partial charge in [-0.05, 0) is 62.2 Å². The minimum atomic E-state index is 0.882. The highest BCUT2D eigenvalue weighted by molar-refractivity contribution is 7.80. The van der Waals surface area contributed by atoms with Crippen molar-refractivity contribution in [2.24, 2.45) is 0 Å². The van der Waals surface area contributed by atoms with E-state index in [0.29, 0.717) is 0 Å². The maximum atomic E-state index is 5.71. The molecule has 0 bridgehead atoms. The molecule has 1 rings (SSSR count). The normalized spacial score (nSPS) is 10.7. The predicted molar refractivity (Wildman–Crippen MR) is 112 cm³/mol. The molecule has 0 spiro atoms. The molecule has 1 N–H and O–H groups in total. The second-order valence-electron chi connectivity index (χ2n) is 6.91. The highest BCUT2D eigenvalue weighted by atomic mass is 32.1. The number of anilines is 1. The van der Waals surface area contributed by atoms with Gasteiger partial charge in [0.2, 0.25) is 0 Å². The zero-order chi connectivity index (χ0) is 17.8. The molecule has 0 amide bonds. The Morgan fingerprint density at radius 2 is 1.33 bits per heavy atom. The lowest BCUT2D eigenvalue weighted by Gasteiger charge is -2.26. The summed E-state index contributed by atoms with van der Waals surface area (Å²) in [6.07, 6.45) is 10.3. The topological polar surface area (TPSA) is 15.3 Å². The lowest BCUT2D eigenvalue weighted by Crippen LogP contribution is -2.36. The van der Waals surface area contributed by atoms with Gasteiger partial charge in [0.15, 0.2) is 5.11 Å². The van der Waals surface area contributed by atoms with Crippen molar-refractivity contribution in [1.82, 2.24) is 4.90 Å². The van der Waals surface area contributed by atoms with Crippen molar-refractivity contribution >= 4 is 23.0 Å². The largest absolute Gasteiger partial charge is 0.349 e. The first-order chi connectivity index (χ1) is 11.6. The van der Waals surface area contributed by atoms with Gasteiger partial charge in [-0.1, -0.05) is 58.4 Å². The van der Waals surface area contributed by atoms with Crippen LogP contribution in [0.5, 0.6) is 0 Å². The Morgan fingerprint density at radius 1 is 0.833 bits per heavy atom. The predicted octanol–water partition coefficient (Wildman–Crippen LogP) is 6.46. The second kappa shape index (κ2) is 12.3. The van der Waals surface area contributed by atoms with Crippen LogP contribution >= 0.6 is 12.2 Å². The highest BCUT2D eigenvalue weighted by Crippen LogP contribution is 2.15. The fourth-order valence-electron chi connectivity index (χ4n) is 3.02. The molecule has 0 saturated heterocycles. The number of aryl methyl sites for hydroxylation is 2. The molecule has 0 aliphatic heterocycles. The molecule has 136 valence electrons. The third kappa shape index (κ3) is 8.68. The van der Waals surface area contributed by atoms with E-state index in [1.807, 2.05) is 0 Å². The summed E-state index contributed by atoms with van der Waals surface area (Å²) in [6, 6.07) is 6.54. The zero-order valence-corrected chi connectivity index (χ0v) is 17.0. The number of benzene rings is 1. The molecule has 2 nitrogen and oxygen atoms in total. The Morgan fingerprint density at radius 3 is 1.79 bits per heavy atom. The first kappa shape index (κ1) is 21.0. The van der Waals surface area contributed by atoms with Gasteiger partial charge in [0.1, 0.15) is 0 Å². The van der Waals surface area contributed by atoms with Gasteiger partial charge in [0.25, 0.3) is 0 Å². The lowest BCUT2D eigenvalue weighted by molar-refractivity contribution is 0.391. The Bertz CT molecular complexity index is 452. The average molecular weight is 349 g/mol. The van der Waals surface area contributed by atoms with E-state index in [2.05, 4.69) is 56.1 Å². The van der Waals surface area contributed by atoms with Crippen molar-refractivity contribution in [2.45, 2.75) is 79.1 Å². The molecule has 0 heterocycles. The molecule has 0 unspecified atom stereocenters. The molecular formula is C21H36N2S. The Balaban J connectivity index is 2.59. The zero-order valence-electron chi connectivity index (χ0n) is 16.2. The van der Waals surface area contributed by atoms with Crippen molar-refractivity contribution in [3.63, 3.8) is 0 Å². The van der Waals surface area contributed by atoms with Crippen LogP contribution in [0.3, 0.4) is 0 Å². The summed E-state index contributed by atoms with van der Waals surface area (Å²) in [5, 5.41) is 4.35. The molecule has 3 heteroatoms. The number of hydrogen-bond acceptors (Lipinski definition) is 1. The van der Waals surface area contributed by atoms with E-state index in [9.17, 15) is 0 Å². The number of unbranched alkanes of at least 4 members (excludes halogenated alkanes) is 6. The Hall–Kier alpha value is -1.09. The quantitative estimate of drug-likeness (QED) is 0.365. The van der Waals surface area contributed by atoms with Gasteiger partial charge in [-0.3, -0.25) is 0 Å². The van der Waals surface area contributed by atoms with Crippen molar-refractivity contribution in [3.8, 4) is 0 Å². The van der Waals surface area contributed by atoms with Crippen molar-refractivity contribution in [1.29, 1.82) is 0 Å². The summed E-state index contributed by atoms with van der Waals surface area (Å²) in [5.74, 6) is 0. The molecule has 1 aromatic carbocycles. The standard InChI is InChI=1S/C21H36N2S/c1-5-7-9-11-13-23(14-12-10-8-6-2)21(24)22-20-16-18(3)15-19(4)17-20/h15-17H,5-14H2,1-4H3,(H,22,24). The fraction of sp³-hybridized carbons (Fsp3) is 0.667. The SMILES string of the molecule is CCCCCCN(CCCCCC)C(=S)Nc1cc(C)cc(C)c1. The van der Waals surface area contributed by atoms with Crippen molar-refractivity contribution in [2.75, 3.05) is 18.4 Å². The minimum absolute atomic E-state index is 0.882. The molecule has 0 aliphatic carbocycles. The smallest absolute Gasteiger partial charge is 0.173 e. The summed E-state index contributed by atoms with van der Waals surface area (Å²) in [5.41, 5.74) is 3.67. The van der Waals surface area contributed by atoms with Crippen LogP contribution in [0.2, 0.25) is 0 Å². The highest BCUT2D eigenvalue weighted by Gasteiger charge is 2.10. The monoisotopic (exact) mass is 348 g/mol. The van der Waals surface area contributed by atoms with Crippen LogP contribution in [0.15, 0.2) is 18.2 Å². The third-order valence-electron chi connectivity index (χ3n) is 4.32. The van der Waals surface area contributed by atoms with Crippen LogP contribution in [-0.2, 0) is 0 Å². The Kier molecular flexibility index (Phi) is 10.7. The summed E-state index contributed by atoms with van der Waals surface area (Å²) < 4.78 is 0. The molecule has 1 aromatic rings. The van der Waals surface area contributed by atoms with Gasteiger partial charge < -0.3 is 10.2 Å². The van der Waals surface area contributed by atoms with Crippen molar-refractivity contribution in [3.05, 3.63) is 29.3 Å². The maximum absolute atomic E-state index is 5.71. The number of hydrogen-bond donors (Lipinski definition) is 1. The van der Waals surface area contributed by atoms with Crippen LogP contribution in [0.25, 0.3) is 0 Å². The molecular weight excluding hydrogens is 312 g/mol. The van der Waals surface area contributed by atoms with Crippen LogP contribution in [0.1, 0.15) is 76.3 Å². The number of rotatable bonds is 11. The molecule has 0 saturated carbocycles. The van der Waals surface area contributed by atoms with Crippen LogP contribution in [-0.4, -0.2) is 23.1 Å². The molecule has 0 aromatic heterocycles. The Labute approximate surface area is 155 Å². The van der Waals surface area contributed by atoms with E-state index in [-0.39, 0.29) is 0 Å². The number of nitrogens with zero attached hydrogens (tertiary/aromatic N) is 1. The van der Waals surface area contributed by atoms with Crippen LogP contribution < -0.4 is 5.32 Å². The van der Waals surface area contributed by atoms with Crippen LogP contribution in [0.4, 0.5) is 5.69 Å². The second-order valence-corrected chi connectivity index (χ2v) is 7.30. The number of thiocarbonyl (C=S) groups is 1. The third-order valence-corrected chi connectivity index (χ3v) is 4.68. The summed E-state index contributed by atoms with van der Waals surface area (Å²) in [6.45, 7) is 10.9. The van der Waals surface area contributed by atoms with E-state index in [1.54, 1.807) is 0 Å². The molecule has 0 radical (unpaired) electrons. The van der Waals surface area contributed by atoms with Gasteiger partial charge in [-0.15, -0.1) is 0 Å². The number of nitrogens with one attached hydrogen (secondary N) is 1. The van der Waals surface area contributed by atoms with Gasteiger partial charge >= 0.3 is 0 Å². The van der Waals surface area contributed by atoms with Gasteiger partial charge in [-0.2, -0.15) is 0 Å². The first-order valence-corrected chi connectivity index (χ1v) is 10.1. The summed E-state index contributed by atoms with van der Waals surface area (Å²) >= 11 is 5.71. The summed E-state index contributed by atoms with van der Waals surface area (Å²) in [7, 11) is 0. The van der Waals surface area contributed by atoms with Gasteiger partial charge in [-0.25, -0.2) is 0 Å². The minimum Gasteiger partial charge on any atom is -0.349 e. The van der Waals surface area contributed by atoms with E-state index >= 15 is 0 Å². The first-order valence-electron chi connectivity index (χ1n) is 9.71. The fourth-order valence-corrected chi connectivity index (χ4v) is 3.32. The van der Waals surface area contributed by atoms with E-state index in [4.69, 9.17) is 12.2 Å². The average Bonchev–Trinajstić information content (AvgIpc) is 2.52. The van der Waals surface area contributed by atoms with E-state index in [1.165, 1.54) is 62.5 Å².